The van der Waals surface area contributed by atoms with Crippen LogP contribution in [0.2, 0.25) is 0 Å². The quantitative estimate of drug-likeness (QED) is 0.475. The van der Waals surface area contributed by atoms with Crippen LogP contribution in [0.3, 0.4) is 0 Å². The van der Waals surface area contributed by atoms with Gasteiger partial charge in [0.25, 0.3) is 0 Å². The molecule has 1 aromatic rings. The van der Waals surface area contributed by atoms with Gasteiger partial charge in [-0.3, -0.25) is 0 Å². The van der Waals surface area contributed by atoms with Crippen LogP contribution in [-0.2, 0) is 4.74 Å². The van der Waals surface area contributed by atoms with Gasteiger partial charge >= 0.3 is 0 Å². The third-order valence-corrected chi connectivity index (χ3v) is 5.35. The standard InChI is InChI=1S/C13H11I2NO/c14-16-9-13(10-4-2-1-3-5-10)17-12-8-15-7-6-11(12)16/h1-8,13H,9H2. The van der Waals surface area contributed by atoms with Crippen LogP contribution in [0.5, 0.6) is 0 Å². The van der Waals surface area contributed by atoms with Crippen molar-refractivity contribution < 1.29 is 4.74 Å². The summed E-state index contributed by atoms with van der Waals surface area (Å²) in [5.41, 5.74) is 2.46. The molecule has 0 radical (unpaired) electrons. The SMILES string of the molecule is IN1CC(c2ccccc2)OC2=C1C=CI=C2. The summed E-state index contributed by atoms with van der Waals surface area (Å²) in [5, 5.41) is 0. The van der Waals surface area contributed by atoms with Gasteiger partial charge in [-0.05, 0) is 15.7 Å². The summed E-state index contributed by atoms with van der Waals surface area (Å²) in [6.45, 7) is 0.903. The first-order valence-corrected chi connectivity index (χ1v) is 8.81. The molecule has 0 spiro atoms. The molecule has 17 heavy (non-hydrogen) atoms. The first-order valence-electron chi connectivity index (χ1n) is 5.35. The van der Waals surface area contributed by atoms with Crippen LogP contribution in [0, 0.1) is 0 Å². The molecule has 1 atom stereocenters. The Bertz CT molecular complexity index is 507. The van der Waals surface area contributed by atoms with E-state index in [9.17, 15) is 0 Å². The largest absolute Gasteiger partial charge is 0.481 e. The van der Waals surface area contributed by atoms with Crippen molar-refractivity contribution in [3.63, 3.8) is 0 Å². The van der Waals surface area contributed by atoms with E-state index < -0.39 is 0 Å². The number of allylic oxidation sites excluding steroid dienone is 2. The van der Waals surface area contributed by atoms with Gasteiger partial charge in [-0.25, -0.2) is 0 Å². The minimum atomic E-state index is 0.0413. The van der Waals surface area contributed by atoms with Gasteiger partial charge in [-0.2, -0.15) is 0 Å². The van der Waals surface area contributed by atoms with Crippen molar-refractivity contribution in [2.24, 2.45) is 0 Å². The fraction of sp³-hybridized carbons (Fsp3) is 0.154. The maximum Gasteiger partial charge on any atom is 0.150 e. The smallest absolute Gasteiger partial charge is 0.150 e. The Kier molecular flexibility index (Phi) is 3.51. The van der Waals surface area contributed by atoms with E-state index in [0.717, 1.165) is 12.3 Å². The van der Waals surface area contributed by atoms with E-state index in [0.29, 0.717) is 0 Å². The minimum Gasteiger partial charge on any atom is -0.481 e. The van der Waals surface area contributed by atoms with Crippen LogP contribution in [-0.4, -0.2) is 13.7 Å². The molecule has 1 unspecified atom stereocenters. The van der Waals surface area contributed by atoms with Crippen LogP contribution in [0.25, 0.3) is 0 Å². The summed E-state index contributed by atoms with van der Waals surface area (Å²) in [5.74, 6) is 1.06. The van der Waals surface area contributed by atoms with Gasteiger partial charge in [0.1, 0.15) is 11.9 Å². The highest BCUT2D eigenvalue weighted by atomic mass is 127. The number of ether oxygens (including phenoxy) is 1. The Balaban J connectivity index is 1.91. The molecule has 0 fully saturated rings. The van der Waals surface area contributed by atoms with Crippen molar-refractivity contribution in [3.05, 3.63) is 57.5 Å². The zero-order valence-corrected chi connectivity index (χ0v) is 13.3. The molecule has 0 N–H and O–H groups in total. The summed E-state index contributed by atoms with van der Waals surface area (Å²) < 4.78 is 12.9. The predicted molar refractivity (Wildman–Crippen MR) is 87.2 cm³/mol. The van der Waals surface area contributed by atoms with E-state index in [-0.39, 0.29) is 26.8 Å². The Morgan fingerprint density at radius 2 is 2.12 bits per heavy atom. The average molecular weight is 451 g/mol. The molecular formula is C13H11I2NO. The molecule has 3 rings (SSSR count). The second-order valence-electron chi connectivity index (χ2n) is 3.84. The molecule has 0 saturated heterocycles. The van der Waals surface area contributed by atoms with Crippen molar-refractivity contribution in [1.29, 1.82) is 0 Å². The molecule has 0 aliphatic carbocycles. The Morgan fingerprint density at radius 3 is 2.94 bits per heavy atom. The molecule has 0 saturated carbocycles. The van der Waals surface area contributed by atoms with Crippen LogP contribution in [0.4, 0.5) is 0 Å². The number of nitrogens with zero attached hydrogens (tertiary/aromatic N) is 1. The predicted octanol–water partition coefficient (Wildman–Crippen LogP) is 3.92. The summed E-state index contributed by atoms with van der Waals surface area (Å²) in [6, 6.07) is 10.4. The van der Waals surface area contributed by atoms with Gasteiger partial charge in [-0.1, -0.05) is 51.1 Å². The normalized spacial score (nSPS) is 22.9. The Morgan fingerprint density at radius 1 is 1.29 bits per heavy atom. The minimum absolute atomic E-state index is 0.0413. The molecule has 0 aromatic heterocycles. The lowest BCUT2D eigenvalue weighted by atomic mass is 10.1. The van der Waals surface area contributed by atoms with Gasteiger partial charge in [0.15, 0.2) is 0 Å². The average Bonchev–Trinajstić information content (AvgIpc) is 2.40. The molecular weight excluding hydrogens is 440 g/mol. The fourth-order valence-electron chi connectivity index (χ4n) is 1.89. The Labute approximate surface area is 125 Å². The van der Waals surface area contributed by atoms with Crippen molar-refractivity contribution in [2.45, 2.75) is 6.10 Å². The monoisotopic (exact) mass is 451 g/mol. The second-order valence-corrected chi connectivity index (χ2v) is 7.06. The molecule has 4 heteroatoms. The van der Waals surface area contributed by atoms with Crippen molar-refractivity contribution >= 4 is 47.6 Å². The molecule has 2 nitrogen and oxygen atoms in total. The molecule has 0 amide bonds. The lowest BCUT2D eigenvalue weighted by Gasteiger charge is -2.33. The van der Waals surface area contributed by atoms with Crippen LogP contribution in [0.15, 0.2) is 51.9 Å². The van der Waals surface area contributed by atoms with E-state index in [2.05, 4.69) is 64.4 Å². The fourth-order valence-corrected chi connectivity index (χ4v) is 4.19. The van der Waals surface area contributed by atoms with E-state index in [1.54, 1.807) is 0 Å². The second kappa shape index (κ2) is 5.09. The highest BCUT2D eigenvalue weighted by Crippen LogP contribution is 2.34. The maximum atomic E-state index is 6.10. The van der Waals surface area contributed by atoms with Crippen LogP contribution >= 0.6 is 43.6 Å². The highest BCUT2D eigenvalue weighted by molar-refractivity contribution is 14.2. The number of hydrogen-bond acceptors (Lipinski definition) is 2. The summed E-state index contributed by atoms with van der Waals surface area (Å²) in [4.78, 5) is 0. The number of hydrogen-bond donors (Lipinski definition) is 0. The third kappa shape index (κ3) is 2.42. The van der Waals surface area contributed by atoms with Crippen molar-refractivity contribution in [1.82, 2.24) is 3.11 Å². The lowest BCUT2D eigenvalue weighted by Crippen LogP contribution is -2.28. The lowest BCUT2D eigenvalue weighted by molar-refractivity contribution is 0.0987. The van der Waals surface area contributed by atoms with Gasteiger partial charge in [-0.15, -0.1) is 0 Å². The van der Waals surface area contributed by atoms with Crippen molar-refractivity contribution in [2.75, 3.05) is 6.54 Å². The Hall–Kier alpha value is -0.370. The van der Waals surface area contributed by atoms with E-state index >= 15 is 0 Å². The summed E-state index contributed by atoms with van der Waals surface area (Å²) in [6.07, 6.45) is 2.34. The zero-order valence-electron chi connectivity index (χ0n) is 9.01. The third-order valence-electron chi connectivity index (χ3n) is 2.74. The van der Waals surface area contributed by atoms with E-state index in [4.69, 9.17) is 4.74 Å². The zero-order chi connectivity index (χ0) is 11.7. The summed E-state index contributed by atoms with van der Waals surface area (Å²) in [7, 11) is 0. The maximum absolute atomic E-state index is 6.10. The number of rotatable bonds is 1. The van der Waals surface area contributed by atoms with E-state index in [1.165, 1.54) is 11.3 Å². The van der Waals surface area contributed by atoms with E-state index in [1.807, 2.05) is 6.07 Å². The topological polar surface area (TPSA) is 12.5 Å². The number of halogens is 2. The van der Waals surface area contributed by atoms with Gasteiger partial charge < -0.3 is 7.85 Å². The van der Waals surface area contributed by atoms with Crippen LogP contribution in [0.1, 0.15) is 11.7 Å². The van der Waals surface area contributed by atoms with Gasteiger partial charge in [0.05, 0.1) is 35.1 Å². The molecule has 88 valence electrons. The first-order chi connectivity index (χ1) is 8.34. The molecule has 0 bridgehead atoms. The molecule has 2 heterocycles. The van der Waals surface area contributed by atoms with Crippen molar-refractivity contribution in [3.8, 4) is 0 Å². The molecule has 1 aromatic carbocycles. The number of benzene rings is 1. The van der Waals surface area contributed by atoms with Gasteiger partial charge in [0.2, 0.25) is 0 Å². The summed E-state index contributed by atoms with van der Waals surface area (Å²) >= 11 is 2.41. The highest BCUT2D eigenvalue weighted by Gasteiger charge is 2.26. The van der Waals surface area contributed by atoms with Crippen LogP contribution < -0.4 is 0 Å². The first kappa shape index (κ1) is 11.7. The molecule has 2 aliphatic rings. The van der Waals surface area contributed by atoms with Gasteiger partial charge in [0, 0.05) is 4.01 Å². The molecule has 2 aliphatic heterocycles.